The minimum atomic E-state index is -0.476. The normalized spacial score (nSPS) is 10.2. The molecule has 3 N–H and O–H groups in total. The van der Waals surface area contributed by atoms with Crippen LogP contribution in [0.15, 0.2) is 42.5 Å². The van der Waals surface area contributed by atoms with E-state index in [1.54, 1.807) is 30.3 Å². The molecule has 0 aliphatic rings. The zero-order valence-electron chi connectivity index (χ0n) is 12.6. The monoisotopic (exact) mass is 316 g/mol. The van der Waals surface area contributed by atoms with E-state index in [1.807, 2.05) is 0 Å². The van der Waals surface area contributed by atoms with Crippen LogP contribution in [0.4, 0.5) is 10.1 Å². The van der Waals surface area contributed by atoms with Crippen LogP contribution in [0.2, 0.25) is 0 Å². The van der Waals surface area contributed by atoms with Crippen molar-refractivity contribution in [1.29, 1.82) is 0 Å². The number of amides is 2. The zero-order valence-corrected chi connectivity index (χ0v) is 12.6. The summed E-state index contributed by atoms with van der Waals surface area (Å²) in [5, 5.41) is 14.4. The van der Waals surface area contributed by atoms with Crippen LogP contribution in [0.1, 0.15) is 28.4 Å². The Labute approximate surface area is 133 Å². The molecule has 0 saturated heterocycles. The summed E-state index contributed by atoms with van der Waals surface area (Å²) in [6.45, 7) is 1.24. The standard InChI is InChI=1S/C17H17FN2O3/c1-11(22)20-15-5-3-13(4-6-15)17(23)19-9-12-2-7-16(18)14(8-12)10-21/h2-8,21H,9-10H2,1H3,(H,19,23)(H,20,22). The Morgan fingerprint density at radius 1 is 1.13 bits per heavy atom. The van der Waals surface area contributed by atoms with E-state index in [4.69, 9.17) is 5.11 Å². The Kier molecular flexibility index (Phi) is 5.43. The lowest BCUT2D eigenvalue weighted by Crippen LogP contribution is -2.22. The third-order valence-corrected chi connectivity index (χ3v) is 3.20. The van der Waals surface area contributed by atoms with Gasteiger partial charge in [0.1, 0.15) is 5.82 Å². The van der Waals surface area contributed by atoms with Crippen molar-refractivity contribution in [2.75, 3.05) is 5.32 Å². The number of carbonyl (C=O) groups is 2. The van der Waals surface area contributed by atoms with Crippen LogP contribution >= 0.6 is 0 Å². The number of anilines is 1. The highest BCUT2D eigenvalue weighted by atomic mass is 19.1. The maximum absolute atomic E-state index is 13.3. The van der Waals surface area contributed by atoms with E-state index in [0.29, 0.717) is 16.8 Å². The molecule has 0 aromatic heterocycles. The van der Waals surface area contributed by atoms with Gasteiger partial charge in [0.25, 0.3) is 5.91 Å². The van der Waals surface area contributed by atoms with Crippen molar-refractivity contribution in [2.24, 2.45) is 0 Å². The first kappa shape index (κ1) is 16.6. The lowest BCUT2D eigenvalue weighted by atomic mass is 10.1. The van der Waals surface area contributed by atoms with E-state index in [0.717, 1.165) is 0 Å². The Hall–Kier alpha value is -2.73. The average Bonchev–Trinajstić information content (AvgIpc) is 2.54. The van der Waals surface area contributed by atoms with Gasteiger partial charge < -0.3 is 15.7 Å². The first-order valence-corrected chi connectivity index (χ1v) is 7.03. The minimum Gasteiger partial charge on any atom is -0.392 e. The molecule has 0 bridgehead atoms. The van der Waals surface area contributed by atoms with Gasteiger partial charge in [0.2, 0.25) is 5.91 Å². The van der Waals surface area contributed by atoms with Crippen LogP contribution < -0.4 is 10.6 Å². The molecule has 0 fully saturated rings. The lowest BCUT2D eigenvalue weighted by molar-refractivity contribution is -0.114. The summed E-state index contributed by atoms with van der Waals surface area (Å²) in [6.07, 6.45) is 0. The van der Waals surface area contributed by atoms with Crippen LogP contribution in [-0.2, 0) is 17.9 Å². The molecule has 0 spiro atoms. The molecule has 0 aliphatic heterocycles. The van der Waals surface area contributed by atoms with Gasteiger partial charge in [-0.25, -0.2) is 4.39 Å². The van der Waals surface area contributed by atoms with Gasteiger partial charge in [-0.15, -0.1) is 0 Å². The number of nitrogens with one attached hydrogen (secondary N) is 2. The topological polar surface area (TPSA) is 78.4 Å². The quantitative estimate of drug-likeness (QED) is 0.791. The molecule has 2 rings (SSSR count). The molecule has 2 aromatic carbocycles. The van der Waals surface area contributed by atoms with Crippen molar-refractivity contribution in [3.8, 4) is 0 Å². The van der Waals surface area contributed by atoms with Crippen LogP contribution in [0.5, 0.6) is 0 Å². The number of aliphatic hydroxyl groups excluding tert-OH is 1. The van der Waals surface area contributed by atoms with E-state index < -0.39 is 12.4 Å². The zero-order chi connectivity index (χ0) is 16.8. The summed E-state index contributed by atoms with van der Waals surface area (Å²) < 4.78 is 13.3. The lowest BCUT2D eigenvalue weighted by Gasteiger charge is -2.08. The fraction of sp³-hybridized carbons (Fsp3) is 0.176. The highest BCUT2D eigenvalue weighted by molar-refractivity contribution is 5.95. The second-order valence-electron chi connectivity index (χ2n) is 5.03. The van der Waals surface area contributed by atoms with E-state index in [1.165, 1.54) is 19.1 Å². The molecule has 5 nitrogen and oxygen atoms in total. The fourth-order valence-corrected chi connectivity index (χ4v) is 2.05. The van der Waals surface area contributed by atoms with Gasteiger partial charge in [-0.05, 0) is 42.0 Å². The molecule has 0 radical (unpaired) electrons. The first-order chi connectivity index (χ1) is 11.0. The molecule has 0 heterocycles. The number of benzene rings is 2. The summed E-state index contributed by atoms with van der Waals surface area (Å²) in [4.78, 5) is 23.0. The summed E-state index contributed by atoms with van der Waals surface area (Å²) in [6, 6.07) is 10.8. The van der Waals surface area contributed by atoms with Gasteiger partial charge in [-0.2, -0.15) is 0 Å². The van der Waals surface area contributed by atoms with Crippen molar-refractivity contribution in [1.82, 2.24) is 5.32 Å². The highest BCUT2D eigenvalue weighted by Crippen LogP contribution is 2.12. The SMILES string of the molecule is CC(=O)Nc1ccc(C(=O)NCc2ccc(F)c(CO)c2)cc1. The molecule has 0 atom stereocenters. The second-order valence-corrected chi connectivity index (χ2v) is 5.03. The molecule has 23 heavy (non-hydrogen) atoms. The summed E-state index contributed by atoms with van der Waals surface area (Å²) in [7, 11) is 0. The molecule has 120 valence electrons. The second kappa shape index (κ2) is 7.51. The number of aliphatic hydroxyl groups is 1. The minimum absolute atomic E-state index is 0.182. The van der Waals surface area contributed by atoms with Crippen molar-refractivity contribution in [3.05, 3.63) is 65.0 Å². The van der Waals surface area contributed by atoms with Gasteiger partial charge in [0.05, 0.1) is 6.61 Å². The summed E-state index contributed by atoms with van der Waals surface area (Å²) >= 11 is 0. The Bertz CT molecular complexity index is 714. The van der Waals surface area contributed by atoms with Gasteiger partial charge in [0.15, 0.2) is 0 Å². The Morgan fingerprint density at radius 2 is 1.83 bits per heavy atom. The third kappa shape index (κ3) is 4.62. The number of hydrogen-bond donors (Lipinski definition) is 3. The number of halogens is 1. The maximum Gasteiger partial charge on any atom is 0.251 e. The molecule has 6 heteroatoms. The Morgan fingerprint density at radius 3 is 2.43 bits per heavy atom. The van der Waals surface area contributed by atoms with E-state index in [9.17, 15) is 14.0 Å². The number of rotatable bonds is 5. The Balaban J connectivity index is 1.98. The fourth-order valence-electron chi connectivity index (χ4n) is 2.05. The van der Waals surface area contributed by atoms with Gasteiger partial charge >= 0.3 is 0 Å². The predicted octanol–water partition coefficient (Wildman–Crippen LogP) is 2.21. The van der Waals surface area contributed by atoms with Crippen LogP contribution in [-0.4, -0.2) is 16.9 Å². The van der Waals surface area contributed by atoms with E-state index in [2.05, 4.69) is 10.6 Å². The molecule has 2 amide bonds. The van der Waals surface area contributed by atoms with Crippen LogP contribution in [0.3, 0.4) is 0 Å². The number of carbonyl (C=O) groups excluding carboxylic acids is 2. The van der Waals surface area contributed by atoms with E-state index in [-0.39, 0.29) is 23.9 Å². The van der Waals surface area contributed by atoms with Crippen molar-refractivity contribution >= 4 is 17.5 Å². The van der Waals surface area contributed by atoms with Gasteiger partial charge in [0, 0.05) is 30.3 Å². The molecule has 2 aromatic rings. The molecule has 0 aliphatic carbocycles. The predicted molar refractivity (Wildman–Crippen MR) is 84.2 cm³/mol. The van der Waals surface area contributed by atoms with Crippen molar-refractivity contribution in [3.63, 3.8) is 0 Å². The van der Waals surface area contributed by atoms with Crippen molar-refractivity contribution in [2.45, 2.75) is 20.1 Å². The third-order valence-electron chi connectivity index (χ3n) is 3.20. The highest BCUT2D eigenvalue weighted by Gasteiger charge is 2.07. The summed E-state index contributed by atoms with van der Waals surface area (Å²) in [5.41, 5.74) is 1.94. The van der Waals surface area contributed by atoms with E-state index >= 15 is 0 Å². The van der Waals surface area contributed by atoms with Gasteiger partial charge in [-0.1, -0.05) is 6.07 Å². The van der Waals surface area contributed by atoms with Crippen LogP contribution in [0, 0.1) is 5.82 Å². The molecular formula is C17H17FN2O3. The molecular weight excluding hydrogens is 299 g/mol. The number of hydrogen-bond acceptors (Lipinski definition) is 3. The summed E-state index contributed by atoms with van der Waals surface area (Å²) in [5.74, 6) is -0.941. The maximum atomic E-state index is 13.3. The largest absolute Gasteiger partial charge is 0.392 e. The average molecular weight is 316 g/mol. The van der Waals surface area contributed by atoms with Crippen molar-refractivity contribution < 1.29 is 19.1 Å². The molecule has 0 unspecified atom stereocenters. The molecule has 0 saturated carbocycles. The first-order valence-electron chi connectivity index (χ1n) is 7.03. The smallest absolute Gasteiger partial charge is 0.251 e. The van der Waals surface area contributed by atoms with Gasteiger partial charge in [-0.3, -0.25) is 9.59 Å². The van der Waals surface area contributed by atoms with Crippen LogP contribution in [0.25, 0.3) is 0 Å².